The van der Waals surface area contributed by atoms with Gasteiger partial charge in [0.05, 0.1) is 0 Å². The van der Waals surface area contributed by atoms with Crippen LogP contribution in [0.5, 0.6) is 0 Å². The lowest BCUT2D eigenvalue weighted by molar-refractivity contribution is 0.0951. The molecule has 0 saturated heterocycles. The minimum absolute atomic E-state index is 0.251. The number of primary amides is 2. The first-order chi connectivity index (χ1) is 10.4. The molecular formula is C15H14N4O3. The van der Waals surface area contributed by atoms with Crippen LogP contribution in [0.2, 0.25) is 0 Å². The number of benzene rings is 2. The third kappa shape index (κ3) is 2.94. The molecule has 22 heavy (non-hydrogen) atoms. The molecule has 0 atom stereocenters. The first-order valence-electron chi connectivity index (χ1n) is 6.29. The minimum Gasteiger partial charge on any atom is -0.366 e. The van der Waals surface area contributed by atoms with Crippen LogP contribution in [0, 0.1) is 0 Å². The maximum Gasteiger partial charge on any atom is 0.265 e. The molecular weight excluding hydrogens is 284 g/mol. The molecule has 2 aromatic rings. The van der Waals surface area contributed by atoms with Crippen LogP contribution in [0.3, 0.4) is 0 Å². The topological polar surface area (TPSA) is 141 Å². The van der Waals surface area contributed by atoms with E-state index < -0.39 is 17.7 Å². The van der Waals surface area contributed by atoms with Crippen LogP contribution >= 0.6 is 0 Å². The van der Waals surface area contributed by atoms with Crippen molar-refractivity contribution in [1.82, 2.24) is 5.43 Å². The van der Waals surface area contributed by atoms with E-state index in [2.05, 4.69) is 0 Å². The summed E-state index contributed by atoms with van der Waals surface area (Å²) in [7, 11) is 0. The van der Waals surface area contributed by atoms with Gasteiger partial charge in [-0.1, -0.05) is 12.1 Å². The van der Waals surface area contributed by atoms with Crippen LogP contribution in [0.1, 0.15) is 31.1 Å². The molecule has 0 fully saturated rings. The molecule has 0 saturated carbocycles. The second-order valence-corrected chi connectivity index (χ2v) is 4.54. The molecule has 7 N–H and O–H groups in total. The Balaban J connectivity index is 2.54. The highest BCUT2D eigenvalue weighted by atomic mass is 16.2. The molecule has 112 valence electrons. The zero-order valence-corrected chi connectivity index (χ0v) is 11.5. The van der Waals surface area contributed by atoms with Crippen LogP contribution in [-0.2, 0) is 0 Å². The predicted molar refractivity (Wildman–Crippen MR) is 80.6 cm³/mol. The molecule has 2 rings (SSSR count). The number of nitrogens with one attached hydrogen (secondary N) is 1. The number of hydrogen-bond donors (Lipinski definition) is 4. The standard InChI is InChI=1S/C15H14N4O3/c16-13(20)10-5-6-11(14(17)21)12(7-10)8-1-3-9(4-2-8)15(22)19-18/h1-7H,18H2,(H2,16,20)(H2,17,21)(H,19,22). The minimum atomic E-state index is -0.630. The summed E-state index contributed by atoms with van der Waals surface area (Å²) in [6, 6.07) is 10.7. The molecule has 0 bridgehead atoms. The van der Waals surface area contributed by atoms with Gasteiger partial charge in [0.15, 0.2) is 0 Å². The number of hydrazine groups is 1. The lowest BCUT2D eigenvalue weighted by Crippen LogP contribution is -2.29. The Hall–Kier alpha value is -3.19. The van der Waals surface area contributed by atoms with E-state index in [0.29, 0.717) is 16.7 Å². The van der Waals surface area contributed by atoms with Crippen LogP contribution in [0.15, 0.2) is 42.5 Å². The Morgan fingerprint density at radius 3 is 1.91 bits per heavy atom. The first kappa shape index (κ1) is 15.2. The molecule has 0 radical (unpaired) electrons. The Labute approximate surface area is 126 Å². The van der Waals surface area contributed by atoms with Crippen molar-refractivity contribution in [2.45, 2.75) is 0 Å². The zero-order chi connectivity index (χ0) is 16.3. The van der Waals surface area contributed by atoms with Gasteiger partial charge in [0.25, 0.3) is 5.91 Å². The fraction of sp³-hybridized carbons (Fsp3) is 0. The van der Waals surface area contributed by atoms with Gasteiger partial charge < -0.3 is 11.5 Å². The van der Waals surface area contributed by atoms with Gasteiger partial charge in [-0.25, -0.2) is 5.84 Å². The van der Waals surface area contributed by atoms with E-state index >= 15 is 0 Å². The average Bonchev–Trinajstić information content (AvgIpc) is 2.53. The maximum atomic E-state index is 11.5. The molecule has 0 aliphatic rings. The fourth-order valence-corrected chi connectivity index (χ4v) is 2.04. The highest BCUT2D eigenvalue weighted by Gasteiger charge is 2.13. The summed E-state index contributed by atoms with van der Waals surface area (Å²) in [5, 5.41) is 0. The summed E-state index contributed by atoms with van der Waals surface area (Å²) in [4.78, 5) is 34.2. The van der Waals surface area contributed by atoms with Crippen molar-refractivity contribution in [1.29, 1.82) is 0 Å². The molecule has 0 spiro atoms. The van der Waals surface area contributed by atoms with Gasteiger partial charge in [-0.15, -0.1) is 0 Å². The van der Waals surface area contributed by atoms with Crippen molar-refractivity contribution >= 4 is 17.7 Å². The largest absolute Gasteiger partial charge is 0.366 e. The van der Waals surface area contributed by atoms with E-state index in [9.17, 15) is 14.4 Å². The molecule has 0 aromatic heterocycles. The van der Waals surface area contributed by atoms with Gasteiger partial charge in [-0.2, -0.15) is 0 Å². The van der Waals surface area contributed by atoms with Crippen molar-refractivity contribution in [3.63, 3.8) is 0 Å². The molecule has 7 nitrogen and oxygen atoms in total. The number of hydrogen-bond acceptors (Lipinski definition) is 4. The van der Waals surface area contributed by atoms with Gasteiger partial charge in [0, 0.05) is 16.7 Å². The molecule has 0 heterocycles. The summed E-state index contributed by atoms with van der Waals surface area (Å²) >= 11 is 0. The lowest BCUT2D eigenvalue weighted by Gasteiger charge is -2.09. The van der Waals surface area contributed by atoms with Gasteiger partial charge in [0.1, 0.15) is 0 Å². The molecule has 3 amide bonds. The zero-order valence-electron chi connectivity index (χ0n) is 11.5. The van der Waals surface area contributed by atoms with Crippen molar-refractivity contribution < 1.29 is 14.4 Å². The van der Waals surface area contributed by atoms with E-state index in [1.807, 2.05) is 5.43 Å². The molecule has 0 aliphatic carbocycles. The van der Waals surface area contributed by atoms with Crippen LogP contribution in [0.4, 0.5) is 0 Å². The van der Waals surface area contributed by atoms with E-state index in [1.165, 1.54) is 18.2 Å². The Bertz CT molecular complexity index is 754. The number of carbonyl (C=O) groups excluding carboxylic acids is 3. The highest BCUT2D eigenvalue weighted by Crippen LogP contribution is 2.25. The second-order valence-electron chi connectivity index (χ2n) is 4.54. The van der Waals surface area contributed by atoms with Gasteiger partial charge in [-0.3, -0.25) is 19.8 Å². The predicted octanol–water partition coefficient (Wildman–Crippen LogP) is 0.155. The van der Waals surface area contributed by atoms with Gasteiger partial charge in [0.2, 0.25) is 11.8 Å². The van der Waals surface area contributed by atoms with Crippen LogP contribution in [-0.4, -0.2) is 17.7 Å². The monoisotopic (exact) mass is 298 g/mol. The van der Waals surface area contributed by atoms with Gasteiger partial charge >= 0.3 is 0 Å². The fourth-order valence-electron chi connectivity index (χ4n) is 2.04. The quantitative estimate of drug-likeness (QED) is 0.362. The lowest BCUT2D eigenvalue weighted by atomic mass is 9.96. The van der Waals surface area contributed by atoms with Crippen molar-refractivity contribution in [2.75, 3.05) is 0 Å². The molecule has 2 aromatic carbocycles. The Morgan fingerprint density at radius 2 is 1.41 bits per heavy atom. The van der Waals surface area contributed by atoms with Crippen molar-refractivity contribution in [2.24, 2.45) is 17.3 Å². The van der Waals surface area contributed by atoms with E-state index in [0.717, 1.165) is 0 Å². The Kier molecular flexibility index (Phi) is 4.19. The normalized spacial score (nSPS) is 10.0. The SMILES string of the molecule is NNC(=O)c1ccc(-c2cc(C(N)=O)ccc2C(N)=O)cc1. The molecule has 0 aliphatic heterocycles. The Morgan fingerprint density at radius 1 is 0.818 bits per heavy atom. The summed E-state index contributed by atoms with van der Waals surface area (Å²) < 4.78 is 0. The third-order valence-electron chi connectivity index (χ3n) is 3.16. The van der Waals surface area contributed by atoms with Crippen molar-refractivity contribution in [3.8, 4) is 11.1 Å². The maximum absolute atomic E-state index is 11.5. The first-order valence-corrected chi connectivity index (χ1v) is 6.29. The summed E-state index contributed by atoms with van der Waals surface area (Å²) in [5.41, 5.74) is 14.6. The van der Waals surface area contributed by atoms with E-state index in [4.69, 9.17) is 17.3 Å². The number of amides is 3. The number of carbonyl (C=O) groups is 3. The summed E-state index contributed by atoms with van der Waals surface area (Å²) in [6.45, 7) is 0. The molecule has 7 heteroatoms. The summed E-state index contributed by atoms with van der Waals surface area (Å²) in [5.74, 6) is 3.38. The summed E-state index contributed by atoms with van der Waals surface area (Å²) in [6.07, 6.45) is 0. The number of rotatable bonds is 4. The van der Waals surface area contributed by atoms with Crippen LogP contribution in [0.25, 0.3) is 11.1 Å². The average molecular weight is 298 g/mol. The van der Waals surface area contributed by atoms with Gasteiger partial charge in [-0.05, 0) is 41.5 Å². The third-order valence-corrected chi connectivity index (χ3v) is 3.16. The molecule has 0 unspecified atom stereocenters. The van der Waals surface area contributed by atoms with Crippen molar-refractivity contribution in [3.05, 3.63) is 59.2 Å². The smallest absolute Gasteiger partial charge is 0.265 e. The number of nitrogen functional groups attached to an aromatic ring is 1. The number of nitrogens with two attached hydrogens (primary N) is 3. The van der Waals surface area contributed by atoms with Crippen LogP contribution < -0.4 is 22.7 Å². The second kappa shape index (κ2) is 6.06. The van der Waals surface area contributed by atoms with E-state index in [-0.39, 0.29) is 11.1 Å². The van der Waals surface area contributed by atoms with E-state index in [1.54, 1.807) is 24.3 Å². The highest BCUT2D eigenvalue weighted by molar-refractivity contribution is 6.03.